The second-order valence-electron chi connectivity index (χ2n) is 4.70. The van der Waals surface area contributed by atoms with Crippen molar-refractivity contribution in [2.75, 3.05) is 33.1 Å². The molecular formula is C17H24N2O4S. The molecule has 0 aliphatic carbocycles. The molecule has 0 bridgehead atoms. The van der Waals surface area contributed by atoms with Gasteiger partial charge in [-0.3, -0.25) is 0 Å². The van der Waals surface area contributed by atoms with E-state index >= 15 is 0 Å². The molecule has 1 aromatic carbocycles. The lowest BCUT2D eigenvalue weighted by atomic mass is 10.3. The summed E-state index contributed by atoms with van der Waals surface area (Å²) < 4.78 is 10.2. The Kier molecular flexibility index (Phi) is 8.96. The van der Waals surface area contributed by atoms with Gasteiger partial charge in [0.05, 0.1) is 32.3 Å². The van der Waals surface area contributed by atoms with Crippen molar-refractivity contribution in [2.45, 2.75) is 13.8 Å². The van der Waals surface area contributed by atoms with E-state index in [2.05, 4.69) is 4.99 Å². The molecule has 24 heavy (non-hydrogen) atoms. The molecule has 7 heteroatoms. The summed E-state index contributed by atoms with van der Waals surface area (Å²) in [6.45, 7) is 4.60. The number of methoxy groups -OCH3 is 1. The van der Waals surface area contributed by atoms with E-state index in [0.717, 1.165) is 11.4 Å². The summed E-state index contributed by atoms with van der Waals surface area (Å²) in [5.74, 6) is 0.382. The molecule has 1 rings (SSSR count). The van der Waals surface area contributed by atoms with E-state index < -0.39 is 5.97 Å². The molecule has 0 fully saturated rings. The zero-order valence-electron chi connectivity index (χ0n) is 14.5. The number of nitrogens with zero attached hydrogens (tertiary/aromatic N) is 2. The Morgan fingerprint density at radius 1 is 1.38 bits per heavy atom. The molecule has 1 aromatic rings. The average Bonchev–Trinajstić information content (AvgIpc) is 2.60. The molecular weight excluding hydrogens is 328 g/mol. The fourth-order valence-electron chi connectivity index (χ4n) is 1.95. The number of thioether (sulfide) groups is 1. The van der Waals surface area contributed by atoms with Gasteiger partial charge < -0.3 is 19.5 Å². The molecule has 132 valence electrons. The van der Waals surface area contributed by atoms with Crippen LogP contribution in [0.3, 0.4) is 0 Å². The van der Waals surface area contributed by atoms with Gasteiger partial charge in [0.1, 0.15) is 10.7 Å². The normalized spacial score (nSPS) is 12.0. The van der Waals surface area contributed by atoms with Crippen molar-refractivity contribution in [3.05, 3.63) is 34.9 Å². The maximum Gasteiger partial charge on any atom is 0.346 e. The quantitative estimate of drug-likeness (QED) is 0.319. The van der Waals surface area contributed by atoms with Gasteiger partial charge in [0.2, 0.25) is 0 Å². The third-order valence-corrected chi connectivity index (χ3v) is 4.04. The number of allylic oxidation sites excluding steroid dienone is 1. The van der Waals surface area contributed by atoms with E-state index in [-0.39, 0.29) is 6.61 Å². The minimum Gasteiger partial charge on any atom is -0.494 e. The van der Waals surface area contributed by atoms with E-state index in [9.17, 15) is 9.90 Å². The molecule has 0 amide bonds. The summed E-state index contributed by atoms with van der Waals surface area (Å²) >= 11 is 1.30. The van der Waals surface area contributed by atoms with E-state index in [0.29, 0.717) is 23.8 Å². The van der Waals surface area contributed by atoms with Gasteiger partial charge in [-0.25, -0.2) is 9.79 Å². The Morgan fingerprint density at radius 3 is 2.54 bits per heavy atom. The van der Waals surface area contributed by atoms with E-state index in [1.54, 1.807) is 24.4 Å². The van der Waals surface area contributed by atoms with Gasteiger partial charge in [-0.15, -0.1) is 11.8 Å². The number of esters is 1. The fourth-order valence-corrected chi connectivity index (χ4v) is 2.62. The fraction of sp³-hybridized carbons (Fsp3) is 0.412. The number of ether oxygens (including phenoxy) is 2. The largest absolute Gasteiger partial charge is 0.494 e. The molecule has 0 aliphatic rings. The number of benzene rings is 1. The van der Waals surface area contributed by atoms with Crippen molar-refractivity contribution in [3.8, 4) is 5.75 Å². The number of carbonyl (C=O) groups is 1. The molecule has 0 unspecified atom stereocenters. The van der Waals surface area contributed by atoms with Crippen LogP contribution in [-0.2, 0) is 9.53 Å². The highest BCUT2D eigenvalue weighted by Gasteiger charge is 2.16. The molecule has 0 aromatic heterocycles. The van der Waals surface area contributed by atoms with Crippen LogP contribution in [0.25, 0.3) is 0 Å². The van der Waals surface area contributed by atoms with Crippen molar-refractivity contribution in [1.29, 1.82) is 0 Å². The van der Waals surface area contributed by atoms with Crippen LogP contribution in [0.5, 0.6) is 5.75 Å². The zero-order valence-corrected chi connectivity index (χ0v) is 15.3. The first-order chi connectivity index (χ1) is 11.6. The van der Waals surface area contributed by atoms with Gasteiger partial charge in [0.25, 0.3) is 0 Å². The van der Waals surface area contributed by atoms with Gasteiger partial charge >= 0.3 is 5.97 Å². The van der Waals surface area contributed by atoms with Gasteiger partial charge in [0, 0.05) is 12.2 Å². The molecule has 0 saturated carbocycles. The molecule has 6 nitrogen and oxygen atoms in total. The van der Waals surface area contributed by atoms with Gasteiger partial charge in [-0.05, 0) is 44.4 Å². The lowest BCUT2D eigenvalue weighted by Crippen LogP contribution is -2.25. The van der Waals surface area contributed by atoms with Crippen LogP contribution in [0.1, 0.15) is 13.8 Å². The average molecular weight is 352 g/mol. The molecule has 1 N–H and O–H groups in total. The van der Waals surface area contributed by atoms with Crippen LogP contribution < -0.4 is 4.74 Å². The molecule has 0 atom stereocenters. The maximum absolute atomic E-state index is 11.8. The van der Waals surface area contributed by atoms with Crippen LogP contribution in [0.15, 0.2) is 39.9 Å². The highest BCUT2D eigenvalue weighted by atomic mass is 32.2. The highest BCUT2D eigenvalue weighted by Crippen LogP contribution is 2.22. The van der Waals surface area contributed by atoms with E-state index in [1.165, 1.54) is 18.9 Å². The second-order valence-corrected chi connectivity index (χ2v) is 5.52. The smallest absolute Gasteiger partial charge is 0.346 e. The van der Waals surface area contributed by atoms with Crippen LogP contribution in [-0.4, -0.2) is 55.4 Å². The van der Waals surface area contributed by atoms with Gasteiger partial charge in [-0.1, -0.05) is 0 Å². The predicted octanol–water partition coefficient (Wildman–Crippen LogP) is 2.81. The lowest BCUT2D eigenvalue weighted by Gasteiger charge is -2.21. The summed E-state index contributed by atoms with van der Waals surface area (Å²) in [5, 5.41) is 9.26. The summed E-state index contributed by atoms with van der Waals surface area (Å²) in [5.41, 5.74) is 1.43. The summed E-state index contributed by atoms with van der Waals surface area (Å²) in [6, 6.07) is 7.37. The molecule has 0 spiro atoms. The first-order valence-electron chi connectivity index (χ1n) is 7.55. The third-order valence-electron chi connectivity index (χ3n) is 3.17. The number of hydrogen-bond acceptors (Lipinski definition) is 6. The molecule has 0 heterocycles. The van der Waals surface area contributed by atoms with E-state index in [4.69, 9.17) is 9.47 Å². The number of carbonyl (C=O) groups excluding carboxylic acids is 1. The lowest BCUT2D eigenvalue weighted by molar-refractivity contribution is -0.135. The minimum absolute atomic E-state index is 0.0600. The van der Waals surface area contributed by atoms with Crippen molar-refractivity contribution in [1.82, 2.24) is 4.90 Å². The Balaban J connectivity index is 2.99. The number of hydrogen-bond donors (Lipinski definition) is 1. The number of aliphatic hydroxyl groups excluding tert-OH is 1. The Morgan fingerprint density at radius 2 is 2.04 bits per heavy atom. The van der Waals surface area contributed by atoms with E-state index in [1.807, 2.05) is 31.2 Å². The van der Waals surface area contributed by atoms with Crippen molar-refractivity contribution < 1.29 is 19.4 Å². The molecule has 0 saturated heterocycles. The van der Waals surface area contributed by atoms with Crippen LogP contribution in [0.2, 0.25) is 0 Å². The number of aliphatic hydroxyl groups is 1. The molecule has 0 radical (unpaired) electrons. The summed E-state index contributed by atoms with van der Waals surface area (Å²) in [7, 11) is 1.34. The molecule has 0 aliphatic heterocycles. The predicted molar refractivity (Wildman–Crippen MR) is 97.8 cm³/mol. The van der Waals surface area contributed by atoms with Crippen LogP contribution >= 0.6 is 11.8 Å². The standard InChI is InChI=1S/C17H24N2O4S/c1-5-23-15-8-6-14(7-9-15)18-12-19(10-11-20)13(2)16(24-4)17(21)22-3/h6-9,12,20H,5,10-11H2,1-4H3/b16-13-,18-12?. The first-order valence-corrected chi connectivity index (χ1v) is 8.77. The Hall–Kier alpha value is -1.99. The first kappa shape index (κ1) is 20.1. The summed E-state index contributed by atoms with van der Waals surface area (Å²) in [4.78, 5) is 18.4. The monoisotopic (exact) mass is 352 g/mol. The summed E-state index contributed by atoms with van der Waals surface area (Å²) in [6.07, 6.45) is 3.40. The van der Waals surface area contributed by atoms with Gasteiger partial charge in [-0.2, -0.15) is 0 Å². The van der Waals surface area contributed by atoms with Gasteiger partial charge in [0.15, 0.2) is 0 Å². The Bertz CT molecular complexity index is 585. The second kappa shape index (κ2) is 10.7. The number of rotatable bonds is 9. The Labute approximate surface area is 147 Å². The topological polar surface area (TPSA) is 71.4 Å². The third kappa shape index (κ3) is 5.90. The maximum atomic E-state index is 11.8. The van der Waals surface area contributed by atoms with Crippen molar-refractivity contribution in [2.24, 2.45) is 4.99 Å². The SMILES string of the molecule is CCOc1ccc(N=CN(CCO)/C(C)=C(\SC)C(=O)OC)cc1. The minimum atomic E-state index is -0.405. The van der Waals surface area contributed by atoms with Crippen molar-refractivity contribution in [3.63, 3.8) is 0 Å². The zero-order chi connectivity index (χ0) is 17.9. The van der Waals surface area contributed by atoms with Crippen LogP contribution in [0, 0.1) is 0 Å². The number of aliphatic imine (C=N–C) groups is 1. The van der Waals surface area contributed by atoms with Crippen molar-refractivity contribution >= 4 is 29.8 Å². The van der Waals surface area contributed by atoms with Crippen LogP contribution in [0.4, 0.5) is 5.69 Å². The highest BCUT2D eigenvalue weighted by molar-refractivity contribution is 8.03.